The maximum Gasteiger partial charge on any atom is 0.337 e. The van der Waals surface area contributed by atoms with Gasteiger partial charge in [0.2, 0.25) is 0 Å². The van der Waals surface area contributed by atoms with Crippen molar-refractivity contribution in [3.63, 3.8) is 0 Å². The van der Waals surface area contributed by atoms with Crippen LogP contribution in [0.1, 0.15) is 31.1 Å². The lowest BCUT2D eigenvalue weighted by atomic mass is 10.1. The second kappa shape index (κ2) is 3.88. The molecule has 2 aromatic rings. The first-order valence-corrected chi connectivity index (χ1v) is 6.14. The number of carbonyl (C=O) groups is 1. The van der Waals surface area contributed by atoms with Crippen LogP contribution in [0.15, 0.2) is 28.9 Å². The van der Waals surface area contributed by atoms with Crippen LogP contribution in [-0.2, 0) is 5.54 Å². The number of carboxylic acids is 1. The van der Waals surface area contributed by atoms with E-state index in [0.717, 1.165) is 15.4 Å². The molecule has 90 valence electrons. The molecule has 2 rings (SSSR count). The van der Waals surface area contributed by atoms with Crippen molar-refractivity contribution in [3.05, 3.63) is 34.4 Å². The van der Waals surface area contributed by atoms with Crippen LogP contribution in [0, 0.1) is 0 Å². The first-order valence-electron chi connectivity index (χ1n) is 5.35. The third-order valence-electron chi connectivity index (χ3n) is 2.72. The van der Waals surface area contributed by atoms with E-state index in [0.29, 0.717) is 5.56 Å². The molecule has 1 aromatic heterocycles. The smallest absolute Gasteiger partial charge is 0.337 e. The van der Waals surface area contributed by atoms with Crippen LogP contribution < -0.4 is 0 Å². The van der Waals surface area contributed by atoms with E-state index in [2.05, 4.69) is 36.7 Å². The van der Waals surface area contributed by atoms with Crippen molar-refractivity contribution in [2.45, 2.75) is 26.3 Å². The predicted octanol–water partition coefficient (Wildman–Crippen LogP) is 3.86. The molecule has 0 saturated carbocycles. The molecule has 0 aliphatic heterocycles. The maximum atomic E-state index is 11.2. The number of nitrogens with zero attached hydrogens (tertiary/aromatic N) is 1. The summed E-state index contributed by atoms with van der Waals surface area (Å²) >= 11 is 3.37. The van der Waals surface area contributed by atoms with Crippen molar-refractivity contribution >= 4 is 32.8 Å². The van der Waals surface area contributed by atoms with Crippen molar-refractivity contribution in [1.82, 2.24) is 4.57 Å². The molecule has 0 aliphatic carbocycles. The zero-order chi connectivity index (χ0) is 12.8. The summed E-state index contributed by atoms with van der Waals surface area (Å²) in [6.45, 7) is 6.17. The Morgan fingerprint density at radius 3 is 2.53 bits per heavy atom. The largest absolute Gasteiger partial charge is 0.478 e. The minimum atomic E-state index is -0.892. The van der Waals surface area contributed by atoms with E-state index in [4.69, 9.17) is 0 Å². The van der Waals surface area contributed by atoms with Gasteiger partial charge in [-0.3, -0.25) is 0 Å². The number of hydrogen-bond acceptors (Lipinski definition) is 1. The zero-order valence-electron chi connectivity index (χ0n) is 9.99. The Morgan fingerprint density at radius 1 is 1.35 bits per heavy atom. The Bertz CT molecular complexity index is 593. The van der Waals surface area contributed by atoms with Gasteiger partial charge in [0.05, 0.1) is 5.56 Å². The van der Waals surface area contributed by atoms with Crippen LogP contribution in [0.5, 0.6) is 0 Å². The van der Waals surface area contributed by atoms with Crippen LogP contribution in [0.25, 0.3) is 10.9 Å². The van der Waals surface area contributed by atoms with Crippen LogP contribution >= 0.6 is 15.9 Å². The molecule has 0 radical (unpaired) electrons. The number of halogens is 1. The summed E-state index contributed by atoms with van der Waals surface area (Å²) in [5.74, 6) is -0.892. The second-order valence-corrected chi connectivity index (χ2v) is 5.97. The first kappa shape index (κ1) is 12.2. The molecule has 3 nitrogen and oxygen atoms in total. The molecule has 0 atom stereocenters. The number of rotatable bonds is 1. The lowest BCUT2D eigenvalue weighted by Crippen LogP contribution is -2.20. The topological polar surface area (TPSA) is 42.2 Å². The van der Waals surface area contributed by atoms with Gasteiger partial charge in [0.1, 0.15) is 0 Å². The minimum absolute atomic E-state index is 0.139. The summed E-state index contributed by atoms with van der Waals surface area (Å²) in [7, 11) is 0. The van der Waals surface area contributed by atoms with Gasteiger partial charge in [-0.05, 0) is 39.0 Å². The summed E-state index contributed by atoms with van der Waals surface area (Å²) in [5.41, 5.74) is 1.15. The molecule has 1 heterocycles. The van der Waals surface area contributed by atoms with Gasteiger partial charge in [-0.2, -0.15) is 0 Å². The van der Waals surface area contributed by atoms with Gasteiger partial charge in [-0.15, -0.1) is 0 Å². The van der Waals surface area contributed by atoms with Gasteiger partial charge in [0.25, 0.3) is 0 Å². The Balaban J connectivity index is 2.85. The summed E-state index contributed by atoms with van der Waals surface area (Å²) in [6, 6.07) is 5.72. The van der Waals surface area contributed by atoms with Crippen molar-refractivity contribution in [2.75, 3.05) is 0 Å². The van der Waals surface area contributed by atoms with Crippen LogP contribution in [-0.4, -0.2) is 15.6 Å². The maximum absolute atomic E-state index is 11.2. The van der Waals surface area contributed by atoms with Gasteiger partial charge in [-0.1, -0.05) is 15.9 Å². The van der Waals surface area contributed by atoms with E-state index in [1.54, 1.807) is 6.20 Å². The van der Waals surface area contributed by atoms with Crippen LogP contribution in [0.2, 0.25) is 0 Å². The average molecular weight is 296 g/mol. The van der Waals surface area contributed by atoms with Crippen LogP contribution in [0.4, 0.5) is 0 Å². The van der Waals surface area contributed by atoms with E-state index in [1.165, 1.54) is 0 Å². The van der Waals surface area contributed by atoms with Crippen molar-refractivity contribution in [2.24, 2.45) is 0 Å². The number of hydrogen-bond donors (Lipinski definition) is 1. The lowest BCUT2D eigenvalue weighted by Gasteiger charge is -2.22. The summed E-state index contributed by atoms with van der Waals surface area (Å²) in [5, 5.41) is 9.99. The van der Waals surface area contributed by atoms with Gasteiger partial charge in [0, 0.05) is 27.1 Å². The molecule has 1 aromatic carbocycles. The quantitative estimate of drug-likeness (QED) is 0.868. The summed E-state index contributed by atoms with van der Waals surface area (Å²) < 4.78 is 2.89. The zero-order valence-corrected chi connectivity index (χ0v) is 11.6. The number of benzene rings is 1. The molecule has 0 saturated heterocycles. The standard InChI is InChI=1S/C13H14BrNO2/c1-13(2,3)15-7-10(12(16)17)9-6-8(14)4-5-11(9)15/h4-7H,1-3H3,(H,16,17). The highest BCUT2D eigenvalue weighted by Crippen LogP contribution is 2.29. The van der Waals surface area contributed by atoms with Crippen molar-refractivity contribution < 1.29 is 9.90 Å². The summed E-state index contributed by atoms with van der Waals surface area (Å²) in [6.07, 6.45) is 1.71. The van der Waals surface area contributed by atoms with Crippen LogP contribution in [0.3, 0.4) is 0 Å². The van der Waals surface area contributed by atoms with Crippen molar-refractivity contribution in [1.29, 1.82) is 0 Å². The highest BCUT2D eigenvalue weighted by molar-refractivity contribution is 9.10. The fourth-order valence-electron chi connectivity index (χ4n) is 1.93. The molecule has 4 heteroatoms. The van der Waals surface area contributed by atoms with E-state index >= 15 is 0 Å². The van der Waals surface area contributed by atoms with Gasteiger partial charge in [-0.25, -0.2) is 4.79 Å². The number of aromatic carboxylic acids is 1. The normalized spacial score (nSPS) is 12.0. The van der Waals surface area contributed by atoms with E-state index in [-0.39, 0.29) is 5.54 Å². The SMILES string of the molecule is CC(C)(C)n1cc(C(=O)O)c2cc(Br)ccc21. The molecule has 0 bridgehead atoms. The number of carboxylic acid groups (broad SMARTS) is 1. The molecule has 1 N–H and O–H groups in total. The molecule has 0 unspecified atom stereocenters. The minimum Gasteiger partial charge on any atom is -0.478 e. The molecule has 0 fully saturated rings. The lowest BCUT2D eigenvalue weighted by molar-refractivity contribution is 0.0698. The van der Waals surface area contributed by atoms with E-state index in [1.807, 2.05) is 22.8 Å². The fourth-order valence-corrected chi connectivity index (χ4v) is 2.29. The molecule has 0 aliphatic rings. The average Bonchev–Trinajstić information content (AvgIpc) is 2.55. The molecule has 0 spiro atoms. The Hall–Kier alpha value is -1.29. The molecule has 0 amide bonds. The Labute approximate surface area is 108 Å². The van der Waals surface area contributed by atoms with Gasteiger partial charge < -0.3 is 9.67 Å². The highest BCUT2D eigenvalue weighted by atomic mass is 79.9. The predicted molar refractivity (Wildman–Crippen MR) is 71.6 cm³/mol. The van der Waals surface area contributed by atoms with Gasteiger partial charge >= 0.3 is 5.97 Å². The third kappa shape index (κ3) is 2.09. The number of aromatic nitrogens is 1. The van der Waals surface area contributed by atoms with E-state index in [9.17, 15) is 9.90 Å². The number of fused-ring (bicyclic) bond motifs is 1. The summed E-state index contributed by atoms with van der Waals surface area (Å²) in [4.78, 5) is 11.2. The van der Waals surface area contributed by atoms with Crippen molar-refractivity contribution in [3.8, 4) is 0 Å². The molecule has 17 heavy (non-hydrogen) atoms. The third-order valence-corrected chi connectivity index (χ3v) is 3.21. The Kier molecular flexibility index (Phi) is 2.78. The molecular formula is C13H14BrNO2. The van der Waals surface area contributed by atoms with E-state index < -0.39 is 5.97 Å². The molecular weight excluding hydrogens is 282 g/mol. The van der Waals surface area contributed by atoms with Gasteiger partial charge in [0.15, 0.2) is 0 Å². The Morgan fingerprint density at radius 2 is 2.00 bits per heavy atom. The second-order valence-electron chi connectivity index (χ2n) is 5.05. The highest BCUT2D eigenvalue weighted by Gasteiger charge is 2.21. The fraction of sp³-hybridized carbons (Fsp3) is 0.308. The monoisotopic (exact) mass is 295 g/mol. The first-order chi connectivity index (χ1) is 7.80.